The third-order valence-electron chi connectivity index (χ3n) is 6.92. The lowest BCUT2D eigenvalue weighted by atomic mass is 9.86. The van der Waals surface area contributed by atoms with E-state index < -0.39 is 0 Å². The van der Waals surface area contributed by atoms with Crippen molar-refractivity contribution in [3.8, 4) is 0 Å². The first kappa shape index (κ1) is 27.6. The molecule has 2 saturated heterocycles. The summed E-state index contributed by atoms with van der Waals surface area (Å²) in [5.74, 6) is -0.574. The average Bonchev–Trinajstić information content (AvgIpc) is 3.28. The highest BCUT2D eigenvalue weighted by Gasteiger charge is 2.42. The summed E-state index contributed by atoms with van der Waals surface area (Å²) in [7, 11) is 0. The topological polar surface area (TPSA) is 82.1 Å². The molecular weight excluding hydrogens is 456 g/mol. The van der Waals surface area contributed by atoms with Crippen molar-refractivity contribution < 1.29 is 28.9 Å². The van der Waals surface area contributed by atoms with Crippen LogP contribution in [-0.4, -0.2) is 49.1 Å². The Morgan fingerprint density at radius 1 is 0.833 bits per heavy atom. The number of benzene rings is 2. The van der Waals surface area contributed by atoms with Crippen LogP contribution >= 0.6 is 0 Å². The maximum Gasteiger partial charge on any atom is 0.310 e. The zero-order chi connectivity index (χ0) is 26.1. The van der Waals surface area contributed by atoms with Gasteiger partial charge in [-0.15, -0.1) is 0 Å². The van der Waals surface area contributed by atoms with Crippen LogP contribution in [0.15, 0.2) is 72.8 Å². The van der Waals surface area contributed by atoms with Crippen molar-refractivity contribution in [2.24, 2.45) is 23.7 Å². The summed E-state index contributed by atoms with van der Waals surface area (Å²) in [4.78, 5) is 23.6. The summed E-state index contributed by atoms with van der Waals surface area (Å²) in [5, 5.41) is 9.27. The number of cyclic esters (lactones) is 2. The molecule has 2 aliphatic heterocycles. The maximum absolute atomic E-state index is 12.0. The second-order valence-corrected chi connectivity index (χ2v) is 9.86. The van der Waals surface area contributed by atoms with Crippen LogP contribution in [0.4, 0.5) is 0 Å². The third-order valence-corrected chi connectivity index (χ3v) is 6.92. The van der Waals surface area contributed by atoms with Gasteiger partial charge < -0.3 is 19.3 Å². The van der Waals surface area contributed by atoms with Gasteiger partial charge in [-0.3, -0.25) is 9.59 Å². The molecule has 0 saturated carbocycles. The zero-order valence-corrected chi connectivity index (χ0v) is 21.5. The molecule has 6 nitrogen and oxygen atoms in total. The van der Waals surface area contributed by atoms with Crippen molar-refractivity contribution in [1.29, 1.82) is 0 Å². The molecular formula is C30H38O6. The van der Waals surface area contributed by atoms with Gasteiger partial charge in [0.25, 0.3) is 0 Å². The lowest BCUT2D eigenvalue weighted by Gasteiger charge is -2.18. The van der Waals surface area contributed by atoms with Gasteiger partial charge in [0, 0.05) is 11.8 Å². The quantitative estimate of drug-likeness (QED) is 0.411. The van der Waals surface area contributed by atoms with Crippen LogP contribution in [0.25, 0.3) is 0 Å². The Hall–Kier alpha value is -2.96. The molecule has 0 amide bonds. The molecule has 1 N–H and O–H groups in total. The number of ether oxygens (including phenoxy) is 3. The number of hydrogen-bond donors (Lipinski definition) is 1. The van der Waals surface area contributed by atoms with E-state index in [0.717, 1.165) is 16.7 Å². The summed E-state index contributed by atoms with van der Waals surface area (Å²) in [6, 6.07) is 19.9. The molecule has 36 heavy (non-hydrogen) atoms. The van der Waals surface area contributed by atoms with Crippen molar-refractivity contribution in [1.82, 2.24) is 0 Å². The van der Waals surface area contributed by atoms with Crippen LogP contribution in [0.5, 0.6) is 0 Å². The van der Waals surface area contributed by atoms with Crippen molar-refractivity contribution in [3.63, 3.8) is 0 Å². The van der Waals surface area contributed by atoms with Gasteiger partial charge in [-0.05, 0) is 44.7 Å². The highest BCUT2D eigenvalue weighted by molar-refractivity contribution is 5.76. The van der Waals surface area contributed by atoms with E-state index in [2.05, 4.69) is 6.58 Å². The van der Waals surface area contributed by atoms with E-state index >= 15 is 0 Å². The van der Waals surface area contributed by atoms with E-state index in [0.29, 0.717) is 26.1 Å². The molecule has 0 aromatic heterocycles. The Labute approximate surface area is 214 Å². The van der Waals surface area contributed by atoms with Crippen LogP contribution in [0, 0.1) is 23.7 Å². The molecule has 6 heteroatoms. The van der Waals surface area contributed by atoms with Crippen LogP contribution in [0.2, 0.25) is 0 Å². The molecule has 2 aliphatic rings. The Balaban J connectivity index is 0.000000205. The van der Waals surface area contributed by atoms with Gasteiger partial charge in [0.15, 0.2) is 0 Å². The van der Waals surface area contributed by atoms with E-state index in [1.165, 1.54) is 0 Å². The molecule has 0 unspecified atom stereocenters. The SMILES string of the molecule is C=C(C)COC[C@H]1[C@H](C)OC(=O)[C@@H]1Cc1ccccc1.C[C@@H]1OC(=O)[C@H](Cc2ccccc2)[C@H]1CO. The minimum atomic E-state index is -0.206. The van der Waals surface area contributed by atoms with E-state index in [4.69, 9.17) is 14.2 Å². The molecule has 0 radical (unpaired) electrons. The summed E-state index contributed by atoms with van der Waals surface area (Å²) >= 11 is 0. The summed E-state index contributed by atoms with van der Waals surface area (Å²) in [6.07, 6.45) is 1.10. The monoisotopic (exact) mass is 494 g/mol. The Morgan fingerprint density at radius 2 is 1.28 bits per heavy atom. The van der Waals surface area contributed by atoms with E-state index in [9.17, 15) is 14.7 Å². The van der Waals surface area contributed by atoms with E-state index in [1.54, 1.807) is 0 Å². The smallest absolute Gasteiger partial charge is 0.310 e. The molecule has 2 aromatic rings. The minimum absolute atomic E-state index is 0.00437. The molecule has 2 heterocycles. The van der Waals surface area contributed by atoms with Crippen molar-refractivity contribution in [2.75, 3.05) is 19.8 Å². The highest BCUT2D eigenvalue weighted by atomic mass is 16.6. The fourth-order valence-corrected chi connectivity index (χ4v) is 4.82. The minimum Gasteiger partial charge on any atom is -0.462 e. The van der Waals surface area contributed by atoms with Gasteiger partial charge in [0.2, 0.25) is 0 Å². The lowest BCUT2D eigenvalue weighted by Crippen LogP contribution is -2.26. The number of carbonyl (C=O) groups excluding carboxylic acids is 2. The predicted octanol–water partition coefficient (Wildman–Crippen LogP) is 4.40. The second-order valence-electron chi connectivity index (χ2n) is 9.86. The number of carbonyl (C=O) groups is 2. The first-order valence-electron chi connectivity index (χ1n) is 12.6. The highest BCUT2D eigenvalue weighted by Crippen LogP contribution is 2.32. The van der Waals surface area contributed by atoms with Gasteiger partial charge in [-0.1, -0.05) is 72.8 Å². The number of aliphatic hydroxyl groups is 1. The van der Waals surface area contributed by atoms with Crippen LogP contribution in [0.1, 0.15) is 31.9 Å². The summed E-state index contributed by atoms with van der Waals surface area (Å²) in [5.41, 5.74) is 3.26. The molecule has 2 fully saturated rings. The van der Waals surface area contributed by atoms with Crippen LogP contribution < -0.4 is 0 Å². The van der Waals surface area contributed by atoms with Crippen LogP contribution in [-0.2, 0) is 36.6 Å². The van der Waals surface area contributed by atoms with Gasteiger partial charge >= 0.3 is 11.9 Å². The first-order valence-corrected chi connectivity index (χ1v) is 12.6. The molecule has 0 bridgehead atoms. The Kier molecular flexibility index (Phi) is 10.3. The third kappa shape index (κ3) is 7.52. The van der Waals surface area contributed by atoms with Crippen molar-refractivity contribution in [2.45, 2.75) is 45.8 Å². The average molecular weight is 495 g/mol. The van der Waals surface area contributed by atoms with E-state index in [1.807, 2.05) is 81.4 Å². The standard InChI is InChI=1S/C17H22O3.C13H16O3/c1-12(2)10-19-11-16-13(3)20-17(18)15(16)9-14-7-5-4-6-8-14;1-9-12(8-14)11(13(15)16-9)7-10-5-3-2-4-6-10/h4-8,13,15-16H,1,9-11H2,2-3H3;2-6,9,11-12,14H,7-8H2,1H3/t13-,15+,16-;9-,11+,12-/m00/s1. The fraction of sp³-hybridized carbons (Fsp3) is 0.467. The van der Waals surface area contributed by atoms with Gasteiger partial charge in [-0.25, -0.2) is 0 Å². The van der Waals surface area contributed by atoms with Gasteiger partial charge in [0.1, 0.15) is 12.2 Å². The molecule has 2 aromatic carbocycles. The number of hydrogen-bond acceptors (Lipinski definition) is 6. The van der Waals surface area contributed by atoms with Crippen molar-refractivity contribution >= 4 is 11.9 Å². The number of aliphatic hydroxyl groups excluding tert-OH is 1. The van der Waals surface area contributed by atoms with Gasteiger partial charge in [-0.2, -0.15) is 0 Å². The Bertz CT molecular complexity index is 989. The molecule has 4 rings (SSSR count). The van der Waals surface area contributed by atoms with Crippen molar-refractivity contribution in [3.05, 3.63) is 83.9 Å². The predicted molar refractivity (Wildman–Crippen MR) is 138 cm³/mol. The fourth-order valence-electron chi connectivity index (χ4n) is 4.82. The lowest BCUT2D eigenvalue weighted by molar-refractivity contribution is -0.144. The summed E-state index contributed by atoms with van der Waals surface area (Å²) < 4.78 is 16.2. The molecule has 0 aliphatic carbocycles. The van der Waals surface area contributed by atoms with Gasteiger partial charge in [0.05, 0.1) is 31.7 Å². The largest absolute Gasteiger partial charge is 0.462 e. The number of rotatable bonds is 9. The Morgan fingerprint density at radius 3 is 1.72 bits per heavy atom. The summed E-state index contributed by atoms with van der Waals surface area (Å²) in [6.45, 7) is 10.6. The maximum atomic E-state index is 12.0. The second kappa shape index (κ2) is 13.4. The molecule has 0 spiro atoms. The zero-order valence-electron chi connectivity index (χ0n) is 21.5. The van der Waals surface area contributed by atoms with E-state index in [-0.39, 0.29) is 54.4 Å². The number of esters is 2. The first-order chi connectivity index (χ1) is 17.3. The molecule has 6 atom stereocenters. The normalized spacial score (nSPS) is 27.1. The molecule has 194 valence electrons. The van der Waals surface area contributed by atoms with Crippen LogP contribution in [0.3, 0.4) is 0 Å².